The number of hydrogen-bond donors (Lipinski definition) is 2. The SMILES string of the molecule is CC(C)C(=O)NCCCO.[V]. The first-order chi connectivity index (χ1) is 4.68. The molecule has 3 nitrogen and oxygen atoms in total. The van der Waals surface area contributed by atoms with Gasteiger partial charge < -0.3 is 10.4 Å². The van der Waals surface area contributed by atoms with Crippen molar-refractivity contribution in [1.82, 2.24) is 5.32 Å². The molecule has 0 unspecified atom stereocenters. The van der Waals surface area contributed by atoms with E-state index in [1.54, 1.807) is 0 Å². The molecule has 0 atom stereocenters. The quantitative estimate of drug-likeness (QED) is 0.628. The van der Waals surface area contributed by atoms with Crippen LogP contribution in [-0.2, 0) is 23.4 Å². The molecule has 0 aliphatic heterocycles. The summed E-state index contributed by atoms with van der Waals surface area (Å²) in [7, 11) is 0. The minimum Gasteiger partial charge on any atom is -0.396 e. The Bertz CT molecular complexity index is 107. The third kappa shape index (κ3) is 7.92. The molecule has 1 radical (unpaired) electrons. The Morgan fingerprint density at radius 1 is 1.55 bits per heavy atom. The predicted octanol–water partition coefficient (Wildman–Crippen LogP) is 0.138. The number of rotatable bonds is 4. The van der Waals surface area contributed by atoms with E-state index in [1.807, 2.05) is 13.8 Å². The van der Waals surface area contributed by atoms with E-state index in [4.69, 9.17) is 5.11 Å². The Labute approximate surface area is 79.4 Å². The van der Waals surface area contributed by atoms with Crippen molar-refractivity contribution in [3.05, 3.63) is 0 Å². The van der Waals surface area contributed by atoms with Crippen molar-refractivity contribution in [3.63, 3.8) is 0 Å². The van der Waals surface area contributed by atoms with Crippen molar-refractivity contribution in [2.45, 2.75) is 20.3 Å². The minimum atomic E-state index is 0. The fraction of sp³-hybridized carbons (Fsp3) is 0.857. The molecule has 0 aliphatic carbocycles. The molecule has 0 bridgehead atoms. The van der Waals surface area contributed by atoms with Crippen molar-refractivity contribution >= 4 is 5.91 Å². The largest absolute Gasteiger partial charge is 0.396 e. The van der Waals surface area contributed by atoms with Crippen LogP contribution in [0.4, 0.5) is 0 Å². The van der Waals surface area contributed by atoms with Gasteiger partial charge in [0.25, 0.3) is 0 Å². The second-order valence-corrected chi connectivity index (χ2v) is 2.52. The first-order valence-corrected chi connectivity index (χ1v) is 3.57. The monoisotopic (exact) mass is 196 g/mol. The summed E-state index contributed by atoms with van der Waals surface area (Å²) in [5.41, 5.74) is 0. The molecule has 0 aliphatic rings. The van der Waals surface area contributed by atoms with Crippen LogP contribution >= 0.6 is 0 Å². The van der Waals surface area contributed by atoms with Crippen molar-refractivity contribution in [1.29, 1.82) is 0 Å². The van der Waals surface area contributed by atoms with Crippen LogP contribution in [0.1, 0.15) is 20.3 Å². The molecule has 1 amide bonds. The summed E-state index contributed by atoms with van der Waals surface area (Å²) in [4.78, 5) is 10.8. The molecule has 0 aromatic heterocycles. The van der Waals surface area contributed by atoms with E-state index in [9.17, 15) is 4.79 Å². The van der Waals surface area contributed by atoms with Gasteiger partial charge in [0.15, 0.2) is 0 Å². The summed E-state index contributed by atoms with van der Waals surface area (Å²) in [5.74, 6) is 0.0899. The van der Waals surface area contributed by atoms with Gasteiger partial charge in [-0.25, -0.2) is 0 Å². The van der Waals surface area contributed by atoms with Crippen LogP contribution < -0.4 is 5.32 Å². The number of aliphatic hydroxyl groups excluding tert-OH is 1. The summed E-state index contributed by atoms with van der Waals surface area (Å²) in [6, 6.07) is 0. The molecule has 0 fully saturated rings. The zero-order valence-corrected chi connectivity index (χ0v) is 8.40. The van der Waals surface area contributed by atoms with Crippen LogP contribution in [0.3, 0.4) is 0 Å². The molecule has 0 rings (SSSR count). The van der Waals surface area contributed by atoms with E-state index in [0.717, 1.165) is 0 Å². The molecule has 65 valence electrons. The number of nitrogens with one attached hydrogen (secondary N) is 1. The van der Waals surface area contributed by atoms with Crippen molar-refractivity contribution < 1.29 is 28.5 Å². The molecule has 4 heteroatoms. The van der Waals surface area contributed by atoms with Gasteiger partial charge in [-0.2, -0.15) is 0 Å². The zero-order chi connectivity index (χ0) is 7.98. The van der Waals surface area contributed by atoms with Crippen LogP contribution in [-0.4, -0.2) is 24.2 Å². The van der Waals surface area contributed by atoms with Gasteiger partial charge in [-0.3, -0.25) is 4.79 Å². The van der Waals surface area contributed by atoms with Gasteiger partial charge in [0.05, 0.1) is 0 Å². The van der Waals surface area contributed by atoms with E-state index in [0.29, 0.717) is 13.0 Å². The van der Waals surface area contributed by atoms with E-state index < -0.39 is 0 Å². The standard InChI is InChI=1S/C7H15NO2.V/c1-6(2)7(10)8-4-3-5-9;/h6,9H,3-5H2,1-2H3,(H,8,10);. The van der Waals surface area contributed by atoms with Gasteiger partial charge in [-0.05, 0) is 6.42 Å². The maximum Gasteiger partial charge on any atom is 0.222 e. The van der Waals surface area contributed by atoms with Gasteiger partial charge in [0.1, 0.15) is 0 Å². The van der Waals surface area contributed by atoms with Gasteiger partial charge in [0.2, 0.25) is 5.91 Å². The predicted molar refractivity (Wildman–Crippen MR) is 39.6 cm³/mol. The Morgan fingerprint density at radius 3 is 2.45 bits per heavy atom. The Morgan fingerprint density at radius 2 is 2.09 bits per heavy atom. The third-order valence-electron chi connectivity index (χ3n) is 1.16. The maximum atomic E-state index is 10.8. The third-order valence-corrected chi connectivity index (χ3v) is 1.16. The zero-order valence-electron chi connectivity index (χ0n) is 7.00. The van der Waals surface area contributed by atoms with Gasteiger partial charge >= 0.3 is 0 Å². The maximum absolute atomic E-state index is 10.8. The number of carbonyl (C=O) groups is 1. The molecule has 0 heterocycles. The number of amides is 1. The van der Waals surface area contributed by atoms with Crippen molar-refractivity contribution in [2.24, 2.45) is 5.92 Å². The van der Waals surface area contributed by atoms with E-state index in [-0.39, 0.29) is 37.0 Å². The van der Waals surface area contributed by atoms with Crippen LogP contribution in [0.2, 0.25) is 0 Å². The Hall–Kier alpha value is 0.0144. The van der Waals surface area contributed by atoms with Gasteiger partial charge in [-0.1, -0.05) is 13.8 Å². The molecular formula is C7H15NO2V. The Balaban J connectivity index is 0. The molecule has 0 aromatic rings. The minimum absolute atomic E-state index is 0. The second-order valence-electron chi connectivity index (χ2n) is 2.52. The average Bonchev–Trinajstić information content (AvgIpc) is 1.88. The van der Waals surface area contributed by atoms with E-state index in [2.05, 4.69) is 5.32 Å². The molecular weight excluding hydrogens is 181 g/mol. The number of hydrogen-bond acceptors (Lipinski definition) is 2. The molecule has 11 heavy (non-hydrogen) atoms. The molecule has 0 spiro atoms. The molecule has 0 saturated carbocycles. The fourth-order valence-corrected chi connectivity index (χ4v) is 0.495. The average molecular weight is 196 g/mol. The Kier molecular flexibility index (Phi) is 10.0. The summed E-state index contributed by atoms with van der Waals surface area (Å²) in [6.07, 6.45) is 0.637. The van der Waals surface area contributed by atoms with Crippen molar-refractivity contribution in [3.8, 4) is 0 Å². The summed E-state index contributed by atoms with van der Waals surface area (Å²) in [5, 5.41) is 11.1. The smallest absolute Gasteiger partial charge is 0.222 e. The van der Waals surface area contributed by atoms with Crippen LogP contribution in [0.25, 0.3) is 0 Å². The number of carbonyl (C=O) groups excluding carboxylic acids is 1. The first-order valence-electron chi connectivity index (χ1n) is 3.57. The van der Waals surface area contributed by atoms with Crippen LogP contribution in [0.5, 0.6) is 0 Å². The van der Waals surface area contributed by atoms with Gasteiger partial charge in [-0.15, -0.1) is 0 Å². The normalized spacial score (nSPS) is 9.09. The summed E-state index contributed by atoms with van der Waals surface area (Å²) < 4.78 is 0. The van der Waals surface area contributed by atoms with Crippen molar-refractivity contribution in [2.75, 3.05) is 13.2 Å². The fourth-order valence-electron chi connectivity index (χ4n) is 0.495. The first kappa shape index (κ1) is 13.6. The van der Waals surface area contributed by atoms with Crippen LogP contribution in [0, 0.1) is 5.92 Å². The summed E-state index contributed by atoms with van der Waals surface area (Å²) in [6.45, 7) is 4.40. The number of aliphatic hydroxyl groups is 1. The second kappa shape index (κ2) is 8.11. The summed E-state index contributed by atoms with van der Waals surface area (Å²) >= 11 is 0. The molecule has 0 aromatic carbocycles. The van der Waals surface area contributed by atoms with E-state index in [1.165, 1.54) is 0 Å². The molecule has 0 saturated heterocycles. The van der Waals surface area contributed by atoms with E-state index >= 15 is 0 Å². The van der Waals surface area contributed by atoms with Gasteiger partial charge in [0, 0.05) is 37.6 Å². The van der Waals surface area contributed by atoms with Crippen LogP contribution in [0.15, 0.2) is 0 Å². The topological polar surface area (TPSA) is 49.3 Å². The molecule has 2 N–H and O–H groups in total.